The summed E-state index contributed by atoms with van der Waals surface area (Å²) in [6.07, 6.45) is 0.878. The van der Waals surface area contributed by atoms with Gasteiger partial charge in [0.05, 0.1) is 22.1 Å². The third-order valence-electron chi connectivity index (χ3n) is 4.75. The molecule has 0 aromatic heterocycles. The van der Waals surface area contributed by atoms with Crippen molar-refractivity contribution >= 4 is 9.84 Å². The van der Waals surface area contributed by atoms with Crippen LogP contribution >= 0.6 is 0 Å². The molecule has 0 saturated carbocycles. The zero-order valence-electron chi connectivity index (χ0n) is 11.6. The van der Waals surface area contributed by atoms with Gasteiger partial charge in [0.2, 0.25) is 0 Å². The molecule has 21 heavy (non-hydrogen) atoms. The van der Waals surface area contributed by atoms with Crippen LogP contribution in [0.5, 0.6) is 0 Å². The number of nitriles is 1. The molecule has 0 bridgehead atoms. The van der Waals surface area contributed by atoms with E-state index in [0.29, 0.717) is 31.6 Å². The highest BCUT2D eigenvalue weighted by Gasteiger charge is 2.56. The summed E-state index contributed by atoms with van der Waals surface area (Å²) in [6, 6.07) is 8.76. The average Bonchev–Trinajstić information content (AvgIpc) is 2.52. The molecule has 0 radical (unpaired) electrons. The largest absolute Gasteiger partial charge is 0.383 e. The summed E-state index contributed by atoms with van der Waals surface area (Å²) in [7, 11) is -3.39. The van der Waals surface area contributed by atoms with E-state index in [-0.39, 0.29) is 17.1 Å². The number of nitrogens with zero attached hydrogens (tertiary/aromatic N) is 1. The highest BCUT2D eigenvalue weighted by atomic mass is 32.2. The van der Waals surface area contributed by atoms with E-state index >= 15 is 0 Å². The first-order chi connectivity index (χ1) is 9.95. The van der Waals surface area contributed by atoms with E-state index in [1.807, 2.05) is 0 Å². The first-order valence-electron chi connectivity index (χ1n) is 6.99. The van der Waals surface area contributed by atoms with Gasteiger partial charge in [0.1, 0.15) is 5.60 Å². The van der Waals surface area contributed by atoms with Crippen LogP contribution in [0.15, 0.2) is 29.2 Å². The minimum atomic E-state index is -3.39. The molecular weight excluding hydrogens is 290 g/mol. The van der Waals surface area contributed by atoms with Gasteiger partial charge in [-0.15, -0.1) is 0 Å². The molecule has 2 aliphatic heterocycles. The van der Waals surface area contributed by atoms with Crippen molar-refractivity contribution in [1.29, 1.82) is 5.26 Å². The molecule has 0 spiro atoms. The van der Waals surface area contributed by atoms with Crippen molar-refractivity contribution in [3.8, 4) is 6.07 Å². The number of benzene rings is 1. The molecular formula is C15H17NO4S. The number of ether oxygens (including phenoxy) is 1. The second-order valence-electron chi connectivity index (χ2n) is 5.73. The molecule has 5 nitrogen and oxygen atoms in total. The van der Waals surface area contributed by atoms with E-state index < -0.39 is 20.9 Å². The van der Waals surface area contributed by atoms with Crippen LogP contribution in [0.25, 0.3) is 0 Å². The Kier molecular flexibility index (Phi) is 3.32. The molecule has 1 aromatic rings. The Hall–Kier alpha value is -1.42. The molecule has 2 aliphatic rings. The van der Waals surface area contributed by atoms with Crippen LogP contribution in [-0.2, 0) is 20.2 Å². The molecule has 6 heteroatoms. The Morgan fingerprint density at radius 2 is 1.86 bits per heavy atom. The van der Waals surface area contributed by atoms with Gasteiger partial charge < -0.3 is 9.84 Å². The Bertz CT molecular complexity index is 701. The minimum Gasteiger partial charge on any atom is -0.383 e. The van der Waals surface area contributed by atoms with Gasteiger partial charge in [-0.05, 0) is 25.3 Å². The first kappa shape index (κ1) is 14.5. The van der Waals surface area contributed by atoms with Gasteiger partial charge in [-0.2, -0.15) is 5.26 Å². The number of aliphatic hydroxyl groups is 1. The van der Waals surface area contributed by atoms with Crippen molar-refractivity contribution in [3.05, 3.63) is 29.8 Å². The maximum absolute atomic E-state index is 12.2. The van der Waals surface area contributed by atoms with Crippen molar-refractivity contribution < 1.29 is 18.3 Å². The predicted octanol–water partition coefficient (Wildman–Crippen LogP) is 1.37. The number of hydrogen-bond donors (Lipinski definition) is 1. The lowest BCUT2D eigenvalue weighted by molar-refractivity contribution is -0.114. The third-order valence-corrected chi connectivity index (χ3v) is 6.52. The summed E-state index contributed by atoms with van der Waals surface area (Å²) >= 11 is 0. The summed E-state index contributed by atoms with van der Waals surface area (Å²) in [4.78, 5) is 0.153. The van der Waals surface area contributed by atoms with E-state index in [0.717, 1.165) is 0 Å². The lowest BCUT2D eigenvalue weighted by Gasteiger charge is -2.47. The van der Waals surface area contributed by atoms with Gasteiger partial charge in [0.25, 0.3) is 0 Å². The Balaban J connectivity index is 2.20. The number of hydrogen-bond acceptors (Lipinski definition) is 5. The number of fused-ring (bicyclic) bond motifs is 1. The zero-order chi connectivity index (χ0) is 15.1. The molecule has 3 rings (SSSR count). The second-order valence-corrected chi connectivity index (χ2v) is 7.81. The maximum Gasteiger partial charge on any atom is 0.178 e. The average molecular weight is 307 g/mol. The van der Waals surface area contributed by atoms with Crippen LogP contribution in [0, 0.1) is 16.7 Å². The van der Waals surface area contributed by atoms with E-state index in [1.54, 1.807) is 18.2 Å². The number of rotatable bonds is 1. The van der Waals surface area contributed by atoms with Gasteiger partial charge in [0, 0.05) is 18.8 Å². The molecule has 0 amide bonds. The van der Waals surface area contributed by atoms with Crippen LogP contribution in [0.3, 0.4) is 0 Å². The number of sulfone groups is 1. The fraction of sp³-hybridized carbons (Fsp3) is 0.533. The fourth-order valence-corrected chi connectivity index (χ4v) is 5.08. The quantitative estimate of drug-likeness (QED) is 0.846. The molecule has 1 N–H and O–H groups in total. The Morgan fingerprint density at radius 3 is 2.52 bits per heavy atom. The molecule has 1 saturated heterocycles. The summed E-state index contributed by atoms with van der Waals surface area (Å²) in [5.74, 6) is -0.134. The van der Waals surface area contributed by atoms with Crippen LogP contribution in [-0.4, -0.2) is 32.5 Å². The van der Waals surface area contributed by atoms with Crippen LogP contribution in [0.4, 0.5) is 0 Å². The monoisotopic (exact) mass is 307 g/mol. The Labute approximate surface area is 124 Å². The molecule has 1 fully saturated rings. The van der Waals surface area contributed by atoms with Gasteiger partial charge in [-0.3, -0.25) is 0 Å². The maximum atomic E-state index is 12.2. The predicted molar refractivity (Wildman–Crippen MR) is 75.1 cm³/mol. The first-order valence-corrected chi connectivity index (χ1v) is 8.64. The standard InChI is InChI=1S/C15H17NO4S/c16-11-14(5-8-20-9-6-14)15(17)7-10-21(18,19)13-4-2-1-3-12(13)15/h1-4,17H,5-10H2. The molecule has 2 heterocycles. The van der Waals surface area contributed by atoms with Crippen molar-refractivity contribution in [2.75, 3.05) is 19.0 Å². The van der Waals surface area contributed by atoms with Gasteiger partial charge in [-0.1, -0.05) is 18.2 Å². The van der Waals surface area contributed by atoms with E-state index in [4.69, 9.17) is 4.74 Å². The van der Waals surface area contributed by atoms with Crippen LogP contribution in [0.2, 0.25) is 0 Å². The third kappa shape index (κ3) is 2.00. The molecule has 1 atom stereocenters. The van der Waals surface area contributed by atoms with Gasteiger partial charge in [-0.25, -0.2) is 8.42 Å². The summed E-state index contributed by atoms with van der Waals surface area (Å²) in [5.41, 5.74) is -2.07. The van der Waals surface area contributed by atoms with Crippen LogP contribution in [0.1, 0.15) is 24.8 Å². The van der Waals surface area contributed by atoms with Gasteiger partial charge in [0.15, 0.2) is 9.84 Å². The molecule has 0 aliphatic carbocycles. The molecule has 1 aromatic carbocycles. The van der Waals surface area contributed by atoms with Crippen molar-refractivity contribution in [2.45, 2.75) is 29.8 Å². The molecule has 112 valence electrons. The summed E-state index contributed by atoms with van der Waals surface area (Å²) in [6.45, 7) is 0.815. The highest BCUT2D eigenvalue weighted by molar-refractivity contribution is 7.91. The van der Waals surface area contributed by atoms with Crippen molar-refractivity contribution in [2.24, 2.45) is 5.41 Å². The summed E-state index contributed by atoms with van der Waals surface area (Å²) < 4.78 is 29.7. The highest BCUT2D eigenvalue weighted by Crippen LogP contribution is 2.52. The van der Waals surface area contributed by atoms with E-state index in [2.05, 4.69) is 6.07 Å². The van der Waals surface area contributed by atoms with Crippen molar-refractivity contribution in [3.63, 3.8) is 0 Å². The Morgan fingerprint density at radius 1 is 1.19 bits per heavy atom. The minimum absolute atomic E-state index is 0.0555. The van der Waals surface area contributed by atoms with Crippen molar-refractivity contribution in [1.82, 2.24) is 0 Å². The SMILES string of the molecule is N#CC1(C2(O)CCS(=O)(=O)c3ccccc32)CCOCC1. The lowest BCUT2D eigenvalue weighted by Crippen LogP contribution is -2.51. The summed E-state index contributed by atoms with van der Waals surface area (Å²) in [5, 5.41) is 21.0. The van der Waals surface area contributed by atoms with Crippen LogP contribution < -0.4 is 0 Å². The normalized spacial score (nSPS) is 30.1. The smallest absolute Gasteiger partial charge is 0.178 e. The van der Waals surface area contributed by atoms with E-state index in [1.165, 1.54) is 6.07 Å². The fourth-order valence-electron chi connectivity index (χ4n) is 3.44. The second kappa shape index (κ2) is 4.80. The topological polar surface area (TPSA) is 87.4 Å². The molecule has 1 unspecified atom stereocenters. The van der Waals surface area contributed by atoms with Gasteiger partial charge >= 0.3 is 0 Å². The zero-order valence-corrected chi connectivity index (χ0v) is 12.4. The van der Waals surface area contributed by atoms with E-state index in [9.17, 15) is 18.8 Å². The lowest BCUT2D eigenvalue weighted by atomic mass is 9.63.